The van der Waals surface area contributed by atoms with Crippen molar-refractivity contribution < 1.29 is 39.8 Å². The van der Waals surface area contributed by atoms with Crippen molar-refractivity contribution in [3.8, 4) is 0 Å². The van der Waals surface area contributed by atoms with Crippen molar-refractivity contribution in [2.75, 3.05) is 13.2 Å². The molecule has 5 N–H and O–H groups in total. The molecule has 0 bridgehead atoms. The smallest absolute Gasteiger partial charge is 0.327 e. The quantitative estimate of drug-likeness (QED) is 0.255. The predicted molar refractivity (Wildman–Crippen MR) is 84.2 cm³/mol. The van der Waals surface area contributed by atoms with Gasteiger partial charge in [0.25, 0.3) is 0 Å². The molecule has 8 heteroatoms. The van der Waals surface area contributed by atoms with Gasteiger partial charge in [-0.3, -0.25) is 0 Å². The van der Waals surface area contributed by atoms with Gasteiger partial charge in [0.15, 0.2) is 6.29 Å². The number of aliphatic carboxylic acids is 1. The summed E-state index contributed by atoms with van der Waals surface area (Å²) in [5.74, 6) is -0.930. The Balaban J connectivity index is 2.09. The zero-order valence-electron chi connectivity index (χ0n) is 13.7. The summed E-state index contributed by atoms with van der Waals surface area (Å²) in [6.45, 7) is -0.136. The Labute approximate surface area is 141 Å². The van der Waals surface area contributed by atoms with Gasteiger partial charge < -0.3 is 35.0 Å². The molecule has 0 aliphatic carbocycles. The first-order chi connectivity index (χ1) is 11.5. The summed E-state index contributed by atoms with van der Waals surface area (Å²) >= 11 is 0. The van der Waals surface area contributed by atoms with Crippen LogP contribution in [-0.2, 0) is 14.3 Å². The number of unbranched alkanes of at least 4 members (excludes halogenated alkanes) is 5. The van der Waals surface area contributed by atoms with Crippen LogP contribution in [0.5, 0.6) is 0 Å². The second kappa shape index (κ2) is 11.5. The number of carbonyl (C=O) groups is 1. The van der Waals surface area contributed by atoms with Crippen LogP contribution in [0.25, 0.3) is 0 Å². The molecular weight excluding hydrogens is 320 g/mol. The van der Waals surface area contributed by atoms with E-state index < -0.39 is 43.3 Å². The molecule has 24 heavy (non-hydrogen) atoms. The molecule has 0 spiro atoms. The fourth-order valence-electron chi connectivity index (χ4n) is 2.48. The Morgan fingerprint density at radius 2 is 1.67 bits per heavy atom. The standard InChI is InChI=1S/C16H28O8/c17-10-11-13(20)14(21)15(22)16(24-11)23-9-7-5-3-1-2-4-6-8-12(18)19/h6,8,11,13-17,20-22H,1-5,7,9-10H2,(H,18,19)/b8-6+/t11-,13-,14+,15-,16-/m1/s1. The Bertz CT molecular complexity index is 384. The highest BCUT2D eigenvalue weighted by molar-refractivity contribution is 5.79. The number of rotatable bonds is 11. The SMILES string of the molecule is O=C(O)/C=C/CCCCCCCO[C@@H]1O[C@H](CO)[C@@H](O)[C@H](O)[C@H]1O. The third-order valence-corrected chi connectivity index (χ3v) is 3.91. The average Bonchev–Trinajstić information content (AvgIpc) is 2.56. The highest BCUT2D eigenvalue weighted by Crippen LogP contribution is 2.22. The number of hydrogen-bond acceptors (Lipinski definition) is 7. The number of carboxylic acids is 1. The van der Waals surface area contributed by atoms with Crippen LogP contribution in [0.3, 0.4) is 0 Å². The lowest BCUT2D eigenvalue weighted by atomic mass is 9.99. The normalized spacial score (nSPS) is 30.8. The van der Waals surface area contributed by atoms with E-state index in [0.717, 1.165) is 44.6 Å². The number of carboxylic acid groups (broad SMARTS) is 1. The highest BCUT2D eigenvalue weighted by Gasteiger charge is 2.43. The maximum atomic E-state index is 10.3. The third kappa shape index (κ3) is 7.25. The Kier molecular flexibility index (Phi) is 10.1. The van der Waals surface area contributed by atoms with E-state index in [1.54, 1.807) is 6.08 Å². The minimum Gasteiger partial charge on any atom is -0.478 e. The summed E-state index contributed by atoms with van der Waals surface area (Å²) < 4.78 is 10.6. The van der Waals surface area contributed by atoms with Gasteiger partial charge in [0.1, 0.15) is 24.4 Å². The topological polar surface area (TPSA) is 137 Å². The highest BCUT2D eigenvalue weighted by atomic mass is 16.7. The third-order valence-electron chi connectivity index (χ3n) is 3.91. The van der Waals surface area contributed by atoms with Crippen LogP contribution in [0.1, 0.15) is 38.5 Å². The van der Waals surface area contributed by atoms with Crippen LogP contribution in [0.15, 0.2) is 12.2 Å². The molecule has 140 valence electrons. The van der Waals surface area contributed by atoms with Crippen LogP contribution in [0, 0.1) is 0 Å². The number of hydrogen-bond donors (Lipinski definition) is 5. The number of aliphatic hydroxyl groups is 4. The zero-order chi connectivity index (χ0) is 17.9. The number of allylic oxidation sites excluding steroid dienone is 1. The molecule has 0 unspecified atom stereocenters. The monoisotopic (exact) mass is 348 g/mol. The van der Waals surface area contributed by atoms with E-state index in [1.165, 1.54) is 0 Å². The first kappa shape index (κ1) is 21.0. The summed E-state index contributed by atoms with van der Waals surface area (Å²) in [6, 6.07) is 0. The maximum Gasteiger partial charge on any atom is 0.327 e. The van der Waals surface area contributed by atoms with Gasteiger partial charge in [-0.2, -0.15) is 0 Å². The second-order valence-corrected chi connectivity index (χ2v) is 5.87. The Morgan fingerprint density at radius 1 is 1.00 bits per heavy atom. The summed E-state index contributed by atoms with van der Waals surface area (Å²) in [4.78, 5) is 10.3. The fourth-order valence-corrected chi connectivity index (χ4v) is 2.48. The zero-order valence-corrected chi connectivity index (χ0v) is 13.7. The lowest BCUT2D eigenvalue weighted by molar-refractivity contribution is -0.301. The van der Waals surface area contributed by atoms with E-state index in [-0.39, 0.29) is 0 Å². The van der Waals surface area contributed by atoms with Crippen molar-refractivity contribution in [3.05, 3.63) is 12.2 Å². The van der Waals surface area contributed by atoms with Crippen LogP contribution in [0.2, 0.25) is 0 Å². The largest absolute Gasteiger partial charge is 0.478 e. The van der Waals surface area contributed by atoms with Gasteiger partial charge in [-0.15, -0.1) is 0 Å². The first-order valence-corrected chi connectivity index (χ1v) is 8.29. The summed E-state index contributed by atoms with van der Waals surface area (Å²) in [5.41, 5.74) is 0. The van der Waals surface area contributed by atoms with Crippen molar-refractivity contribution >= 4 is 5.97 Å². The van der Waals surface area contributed by atoms with E-state index in [4.69, 9.17) is 19.7 Å². The van der Waals surface area contributed by atoms with Gasteiger partial charge in [-0.05, 0) is 19.3 Å². The minimum atomic E-state index is -1.42. The Morgan fingerprint density at radius 3 is 2.33 bits per heavy atom. The van der Waals surface area contributed by atoms with Gasteiger partial charge >= 0.3 is 5.97 Å². The molecule has 1 aliphatic rings. The molecule has 0 amide bonds. The second-order valence-electron chi connectivity index (χ2n) is 5.87. The van der Waals surface area contributed by atoms with Crippen LogP contribution in [-0.4, -0.2) is 75.4 Å². The molecule has 1 rings (SSSR count). The van der Waals surface area contributed by atoms with Gasteiger partial charge in [0.05, 0.1) is 6.61 Å². The van der Waals surface area contributed by atoms with Crippen molar-refractivity contribution in [1.82, 2.24) is 0 Å². The van der Waals surface area contributed by atoms with Gasteiger partial charge in [0, 0.05) is 12.7 Å². The fraction of sp³-hybridized carbons (Fsp3) is 0.812. The summed E-state index contributed by atoms with van der Waals surface area (Å²) in [7, 11) is 0. The summed E-state index contributed by atoms with van der Waals surface area (Å²) in [5, 5.41) is 46.6. The van der Waals surface area contributed by atoms with Crippen molar-refractivity contribution in [2.45, 2.75) is 69.2 Å². The van der Waals surface area contributed by atoms with E-state index in [9.17, 15) is 20.1 Å². The van der Waals surface area contributed by atoms with Crippen LogP contribution >= 0.6 is 0 Å². The van der Waals surface area contributed by atoms with Crippen molar-refractivity contribution in [3.63, 3.8) is 0 Å². The average molecular weight is 348 g/mol. The molecule has 1 fully saturated rings. The lowest BCUT2D eigenvalue weighted by Gasteiger charge is -2.39. The van der Waals surface area contributed by atoms with E-state index in [2.05, 4.69) is 0 Å². The number of aliphatic hydroxyl groups excluding tert-OH is 4. The summed E-state index contributed by atoms with van der Waals surface area (Å²) in [6.07, 6.45) is 1.94. The molecule has 0 radical (unpaired) electrons. The molecule has 0 aromatic heterocycles. The predicted octanol–water partition coefficient (Wildman–Crippen LogP) is -0.216. The van der Waals surface area contributed by atoms with Crippen molar-refractivity contribution in [1.29, 1.82) is 0 Å². The molecule has 0 aromatic carbocycles. The molecule has 1 saturated heterocycles. The van der Waals surface area contributed by atoms with Crippen LogP contribution < -0.4 is 0 Å². The van der Waals surface area contributed by atoms with E-state index >= 15 is 0 Å². The molecule has 8 nitrogen and oxygen atoms in total. The first-order valence-electron chi connectivity index (χ1n) is 8.29. The van der Waals surface area contributed by atoms with Gasteiger partial charge in [0.2, 0.25) is 0 Å². The molecule has 0 saturated carbocycles. The maximum absolute atomic E-state index is 10.3. The van der Waals surface area contributed by atoms with Gasteiger partial charge in [-0.1, -0.05) is 25.3 Å². The molecular formula is C16H28O8. The molecule has 5 atom stereocenters. The van der Waals surface area contributed by atoms with E-state index in [1.807, 2.05) is 0 Å². The van der Waals surface area contributed by atoms with Crippen molar-refractivity contribution in [2.24, 2.45) is 0 Å². The molecule has 1 aliphatic heterocycles. The Hall–Kier alpha value is -1.03. The molecule has 1 heterocycles. The number of ether oxygens (including phenoxy) is 2. The minimum absolute atomic E-state index is 0.335. The van der Waals surface area contributed by atoms with Crippen LogP contribution in [0.4, 0.5) is 0 Å². The van der Waals surface area contributed by atoms with Gasteiger partial charge in [-0.25, -0.2) is 4.79 Å². The molecule has 0 aromatic rings. The van der Waals surface area contributed by atoms with E-state index in [0.29, 0.717) is 6.61 Å². The lowest BCUT2D eigenvalue weighted by Crippen LogP contribution is -2.59.